The molecule has 1 amide bonds. The van der Waals surface area contributed by atoms with Gasteiger partial charge in [-0.2, -0.15) is 5.10 Å². The van der Waals surface area contributed by atoms with Crippen LogP contribution in [0.2, 0.25) is 0 Å². The molecule has 0 aliphatic rings. The van der Waals surface area contributed by atoms with Crippen LogP contribution >= 0.6 is 39.0 Å². The lowest BCUT2D eigenvalue weighted by Crippen LogP contribution is -2.19. The number of amides is 1. The van der Waals surface area contributed by atoms with Crippen LogP contribution in [0.3, 0.4) is 0 Å². The number of nitrogens with one attached hydrogen (secondary N) is 1. The fourth-order valence-electron chi connectivity index (χ4n) is 2.60. The van der Waals surface area contributed by atoms with Gasteiger partial charge >= 0.3 is 0 Å². The minimum absolute atomic E-state index is 0.176. The summed E-state index contributed by atoms with van der Waals surface area (Å²) in [5.41, 5.74) is 3.38. The maximum absolute atomic E-state index is 12.1. The summed E-state index contributed by atoms with van der Waals surface area (Å²) >= 11 is 6.23. The lowest BCUT2D eigenvalue weighted by molar-refractivity contribution is -0.118. The van der Waals surface area contributed by atoms with Crippen molar-refractivity contribution in [1.29, 1.82) is 0 Å². The van der Waals surface area contributed by atoms with Crippen molar-refractivity contribution < 1.29 is 14.3 Å². The maximum atomic E-state index is 12.1. The number of hydrogen-bond donors (Lipinski definition) is 1. The van der Waals surface area contributed by atoms with Crippen LogP contribution in [0.4, 0.5) is 0 Å². The van der Waals surface area contributed by atoms with Crippen molar-refractivity contribution in [2.24, 2.45) is 5.10 Å². The number of aromatic nitrogens is 3. The molecule has 0 spiro atoms. The zero-order valence-corrected chi connectivity index (χ0v) is 19.8. The number of ether oxygens (including phenoxy) is 2. The molecule has 0 fully saturated rings. The number of carbonyl (C=O) groups excluding carboxylic acids is 1. The molecule has 1 aromatic carbocycles. The molecule has 158 valence electrons. The second kappa shape index (κ2) is 10.6. The highest BCUT2D eigenvalue weighted by atomic mass is 79.9. The average Bonchev–Trinajstić information content (AvgIpc) is 3.37. The number of thiophene rings is 1. The SMILES string of the molecule is CCn1c(SCC(=O)NN=Cc2ccc(Br)s2)nnc1-c1ccc(OC)c(OC)c1. The van der Waals surface area contributed by atoms with Crippen LogP contribution in [0.25, 0.3) is 11.4 Å². The zero-order valence-electron chi connectivity index (χ0n) is 16.6. The summed E-state index contributed by atoms with van der Waals surface area (Å²) in [6.07, 6.45) is 1.61. The highest BCUT2D eigenvalue weighted by Gasteiger charge is 2.16. The first-order chi connectivity index (χ1) is 14.5. The third-order valence-corrected chi connectivity index (χ3v) is 6.51. The van der Waals surface area contributed by atoms with Crippen LogP contribution in [-0.4, -0.2) is 46.9 Å². The minimum atomic E-state index is -0.217. The molecule has 0 aliphatic heterocycles. The van der Waals surface area contributed by atoms with Crippen molar-refractivity contribution in [3.63, 3.8) is 0 Å². The molecule has 2 aromatic heterocycles. The summed E-state index contributed by atoms with van der Waals surface area (Å²) in [7, 11) is 3.18. The predicted molar refractivity (Wildman–Crippen MR) is 123 cm³/mol. The number of hydrazone groups is 1. The first-order valence-corrected chi connectivity index (χ1v) is 11.5. The Morgan fingerprint density at radius 3 is 2.73 bits per heavy atom. The molecule has 0 radical (unpaired) electrons. The van der Waals surface area contributed by atoms with Crippen molar-refractivity contribution in [3.05, 3.63) is 39.0 Å². The first-order valence-electron chi connectivity index (χ1n) is 8.91. The van der Waals surface area contributed by atoms with Gasteiger partial charge in [-0.3, -0.25) is 4.79 Å². The van der Waals surface area contributed by atoms with Gasteiger partial charge in [0.1, 0.15) is 0 Å². The average molecular weight is 510 g/mol. The van der Waals surface area contributed by atoms with Gasteiger partial charge in [0.25, 0.3) is 5.91 Å². The van der Waals surface area contributed by atoms with Gasteiger partial charge in [-0.15, -0.1) is 21.5 Å². The van der Waals surface area contributed by atoms with E-state index in [2.05, 4.69) is 36.7 Å². The molecule has 30 heavy (non-hydrogen) atoms. The molecule has 0 unspecified atom stereocenters. The molecule has 1 N–H and O–H groups in total. The van der Waals surface area contributed by atoms with Crippen molar-refractivity contribution in [2.75, 3.05) is 20.0 Å². The molecular formula is C19H20BrN5O3S2. The fraction of sp³-hybridized carbons (Fsp3) is 0.263. The quantitative estimate of drug-likeness (QED) is 0.266. The molecule has 11 heteroatoms. The first kappa shape index (κ1) is 22.3. The van der Waals surface area contributed by atoms with Gasteiger partial charge in [0.2, 0.25) is 0 Å². The summed E-state index contributed by atoms with van der Waals surface area (Å²) < 4.78 is 13.6. The topological polar surface area (TPSA) is 90.6 Å². The van der Waals surface area contributed by atoms with E-state index in [1.165, 1.54) is 23.1 Å². The Kier molecular flexibility index (Phi) is 7.88. The lowest BCUT2D eigenvalue weighted by atomic mass is 10.2. The van der Waals surface area contributed by atoms with Crippen LogP contribution in [0.1, 0.15) is 11.8 Å². The number of nitrogens with zero attached hydrogens (tertiary/aromatic N) is 4. The van der Waals surface area contributed by atoms with Crippen LogP contribution in [0.5, 0.6) is 11.5 Å². The molecule has 0 bridgehead atoms. The van der Waals surface area contributed by atoms with E-state index in [-0.39, 0.29) is 11.7 Å². The number of hydrogen-bond acceptors (Lipinski definition) is 8. The standard InChI is InChI=1S/C19H20BrN5O3S2/c1-4-25-18(12-5-7-14(27-2)15(9-12)28-3)23-24-19(25)29-11-17(26)22-21-10-13-6-8-16(20)30-13/h5-10H,4,11H2,1-3H3,(H,22,26). The van der Waals surface area contributed by atoms with E-state index < -0.39 is 0 Å². The molecule has 3 aromatic rings. The molecular weight excluding hydrogens is 490 g/mol. The highest BCUT2D eigenvalue weighted by molar-refractivity contribution is 9.11. The van der Waals surface area contributed by atoms with Gasteiger partial charge in [0, 0.05) is 17.0 Å². The smallest absolute Gasteiger partial charge is 0.250 e. The Hall–Kier alpha value is -2.37. The van der Waals surface area contributed by atoms with Crippen molar-refractivity contribution in [3.8, 4) is 22.9 Å². The Balaban J connectivity index is 1.65. The summed E-state index contributed by atoms with van der Waals surface area (Å²) in [6.45, 7) is 2.66. The minimum Gasteiger partial charge on any atom is -0.493 e. The number of rotatable bonds is 9. The van der Waals surface area contributed by atoms with E-state index in [4.69, 9.17) is 9.47 Å². The van der Waals surface area contributed by atoms with Gasteiger partial charge in [0.05, 0.1) is 30.0 Å². The van der Waals surface area contributed by atoms with Gasteiger partial charge < -0.3 is 14.0 Å². The predicted octanol–water partition coefficient (Wildman–Crippen LogP) is 4.05. The van der Waals surface area contributed by atoms with Gasteiger partial charge in [0.15, 0.2) is 22.5 Å². The summed E-state index contributed by atoms with van der Waals surface area (Å²) in [5, 5.41) is 13.2. The summed E-state index contributed by atoms with van der Waals surface area (Å²) in [5.74, 6) is 1.92. The fourth-order valence-corrected chi connectivity index (χ4v) is 4.69. The molecule has 8 nitrogen and oxygen atoms in total. The van der Waals surface area contributed by atoms with Gasteiger partial charge in [-0.25, -0.2) is 5.43 Å². The van der Waals surface area contributed by atoms with E-state index in [0.717, 1.165) is 14.2 Å². The normalized spacial score (nSPS) is 11.1. The number of benzene rings is 1. The van der Waals surface area contributed by atoms with E-state index in [1.54, 1.807) is 20.4 Å². The molecule has 0 saturated heterocycles. The van der Waals surface area contributed by atoms with E-state index >= 15 is 0 Å². The van der Waals surface area contributed by atoms with Crippen LogP contribution in [-0.2, 0) is 11.3 Å². The maximum Gasteiger partial charge on any atom is 0.250 e. The third kappa shape index (κ3) is 5.41. The van der Waals surface area contributed by atoms with Crippen molar-refractivity contribution in [1.82, 2.24) is 20.2 Å². The molecule has 0 aliphatic carbocycles. The number of halogens is 1. The molecule has 0 atom stereocenters. The Morgan fingerprint density at radius 1 is 1.27 bits per heavy atom. The largest absolute Gasteiger partial charge is 0.493 e. The van der Waals surface area contributed by atoms with Gasteiger partial charge in [-0.1, -0.05) is 11.8 Å². The molecule has 3 rings (SSSR count). The Labute approximate surface area is 190 Å². The summed E-state index contributed by atoms with van der Waals surface area (Å²) in [6, 6.07) is 9.42. The third-order valence-electron chi connectivity index (χ3n) is 3.98. The number of carbonyl (C=O) groups is 1. The van der Waals surface area contributed by atoms with Crippen LogP contribution in [0.15, 0.2) is 44.4 Å². The van der Waals surface area contributed by atoms with Crippen molar-refractivity contribution >= 4 is 51.2 Å². The molecule has 0 saturated carbocycles. The number of methoxy groups -OCH3 is 2. The van der Waals surface area contributed by atoms with E-state index in [1.807, 2.05) is 41.8 Å². The highest BCUT2D eigenvalue weighted by Crippen LogP contribution is 2.32. The Bertz CT molecular complexity index is 1050. The van der Waals surface area contributed by atoms with Crippen molar-refractivity contribution in [2.45, 2.75) is 18.6 Å². The van der Waals surface area contributed by atoms with Crippen LogP contribution in [0, 0.1) is 0 Å². The van der Waals surface area contributed by atoms with Gasteiger partial charge in [-0.05, 0) is 53.2 Å². The lowest BCUT2D eigenvalue weighted by Gasteiger charge is -2.10. The van der Waals surface area contributed by atoms with Crippen LogP contribution < -0.4 is 14.9 Å². The summed E-state index contributed by atoms with van der Waals surface area (Å²) in [4.78, 5) is 13.0. The Morgan fingerprint density at radius 2 is 2.07 bits per heavy atom. The van der Waals surface area contributed by atoms with E-state index in [9.17, 15) is 4.79 Å². The second-order valence-electron chi connectivity index (χ2n) is 5.84. The zero-order chi connectivity index (χ0) is 21.5. The van der Waals surface area contributed by atoms with E-state index in [0.29, 0.717) is 29.0 Å². The second-order valence-corrected chi connectivity index (χ2v) is 9.28. The monoisotopic (exact) mass is 509 g/mol. The number of thioether (sulfide) groups is 1. The molecule has 2 heterocycles.